The highest BCUT2D eigenvalue weighted by atomic mass is 28.3. The maximum Gasteiger partial charge on any atom is 0.108 e. The van der Waals surface area contributed by atoms with E-state index >= 15 is 0 Å². The molecule has 0 fully saturated rings. The van der Waals surface area contributed by atoms with Crippen LogP contribution in [0.1, 0.15) is 52.7 Å². The third-order valence-electron chi connectivity index (χ3n) is 5.90. The second kappa shape index (κ2) is 6.20. The zero-order valence-corrected chi connectivity index (χ0v) is 16.7. The van der Waals surface area contributed by atoms with E-state index in [1.54, 1.807) is 21.5 Å². The Bertz CT molecular complexity index is 622. The van der Waals surface area contributed by atoms with Gasteiger partial charge in [0.15, 0.2) is 0 Å². The Kier molecular flexibility index (Phi) is 4.86. The Morgan fingerprint density at radius 1 is 0.864 bits per heavy atom. The van der Waals surface area contributed by atoms with Gasteiger partial charge in [0, 0.05) is 0 Å². The second-order valence-corrected chi connectivity index (χ2v) is 11.8. The zero-order valence-electron chi connectivity index (χ0n) is 15.7. The third-order valence-corrected chi connectivity index (χ3v) is 9.79. The van der Waals surface area contributed by atoms with Crippen LogP contribution in [0.25, 0.3) is 0 Å². The second-order valence-electron chi connectivity index (χ2n) is 7.44. The Morgan fingerprint density at radius 2 is 1.36 bits per heavy atom. The smallest absolute Gasteiger partial charge is 0.0662 e. The van der Waals surface area contributed by atoms with Crippen LogP contribution in [0.5, 0.6) is 0 Å². The number of aryl methyl sites for hydroxylation is 2. The molecule has 1 aliphatic carbocycles. The molecule has 120 valence electrons. The number of hydrogen-bond donors (Lipinski definition) is 0. The van der Waals surface area contributed by atoms with Crippen molar-refractivity contribution in [3.8, 4) is 0 Å². The molecule has 1 aromatic rings. The topological polar surface area (TPSA) is 0 Å². The molecule has 1 heteroatoms. The largest absolute Gasteiger partial charge is 0.108 e. The fourth-order valence-corrected chi connectivity index (χ4v) is 7.89. The molecule has 0 amide bonds. The van der Waals surface area contributed by atoms with Crippen LogP contribution in [-0.2, 0) is 12.8 Å². The van der Waals surface area contributed by atoms with Gasteiger partial charge in [0.05, 0.1) is 0 Å². The average Bonchev–Trinajstić information content (AvgIpc) is 2.70. The summed E-state index contributed by atoms with van der Waals surface area (Å²) < 4.78 is 0. The summed E-state index contributed by atoms with van der Waals surface area (Å²) in [6, 6.07) is 7.37. The molecule has 1 atom stereocenters. The van der Waals surface area contributed by atoms with Crippen molar-refractivity contribution in [2.24, 2.45) is 5.92 Å². The van der Waals surface area contributed by atoms with E-state index in [4.69, 9.17) is 0 Å². The van der Waals surface area contributed by atoms with E-state index in [1.165, 1.54) is 16.7 Å². The minimum Gasteiger partial charge on any atom is -0.0662 e. The summed E-state index contributed by atoms with van der Waals surface area (Å²) in [7, 11) is -1.61. The molecule has 1 aliphatic rings. The summed E-state index contributed by atoms with van der Waals surface area (Å²) in [6.45, 7) is 19.0. The molecule has 2 rings (SSSR count). The predicted molar refractivity (Wildman–Crippen MR) is 103 cm³/mol. The van der Waals surface area contributed by atoms with Crippen LogP contribution in [0.15, 0.2) is 40.1 Å². The first-order valence-electron chi connectivity index (χ1n) is 8.76. The van der Waals surface area contributed by atoms with E-state index in [9.17, 15) is 0 Å². The number of hydrogen-bond acceptors (Lipinski definition) is 0. The van der Waals surface area contributed by atoms with Gasteiger partial charge in [-0.15, -0.1) is 0 Å². The molecule has 0 saturated heterocycles. The molecule has 0 N–H and O–H groups in total. The highest BCUT2D eigenvalue weighted by Crippen LogP contribution is 2.41. The minimum absolute atomic E-state index is 0.622. The molecule has 0 saturated carbocycles. The summed E-state index contributed by atoms with van der Waals surface area (Å²) in [5, 5.41) is 3.37. The van der Waals surface area contributed by atoms with Crippen molar-refractivity contribution in [3.63, 3.8) is 0 Å². The van der Waals surface area contributed by atoms with Crippen molar-refractivity contribution >= 4 is 13.3 Å². The summed E-state index contributed by atoms with van der Waals surface area (Å²) in [4.78, 5) is 0. The van der Waals surface area contributed by atoms with E-state index in [2.05, 4.69) is 72.8 Å². The molecule has 1 unspecified atom stereocenters. The number of benzene rings is 1. The van der Waals surface area contributed by atoms with Crippen molar-refractivity contribution < 1.29 is 0 Å². The molecular weight excluding hydrogens is 280 g/mol. The maximum atomic E-state index is 2.54. The number of rotatable bonds is 4. The van der Waals surface area contributed by atoms with Gasteiger partial charge < -0.3 is 0 Å². The minimum atomic E-state index is -1.61. The molecule has 1 aromatic carbocycles. The van der Waals surface area contributed by atoms with Gasteiger partial charge in [-0.05, 0) is 56.2 Å². The molecule has 0 aromatic heterocycles. The first-order valence-corrected chi connectivity index (χ1v) is 11.8. The van der Waals surface area contributed by atoms with Crippen LogP contribution in [0.4, 0.5) is 0 Å². The first-order chi connectivity index (χ1) is 10.2. The molecule has 0 nitrogen and oxygen atoms in total. The molecule has 0 heterocycles. The van der Waals surface area contributed by atoms with Gasteiger partial charge >= 0.3 is 0 Å². The van der Waals surface area contributed by atoms with E-state index < -0.39 is 8.07 Å². The molecule has 22 heavy (non-hydrogen) atoms. The van der Waals surface area contributed by atoms with Crippen LogP contribution >= 0.6 is 0 Å². The highest BCUT2D eigenvalue weighted by Gasteiger charge is 2.37. The van der Waals surface area contributed by atoms with Crippen LogP contribution in [0, 0.1) is 5.92 Å². The average molecular weight is 313 g/mol. The van der Waals surface area contributed by atoms with Gasteiger partial charge in [-0.2, -0.15) is 0 Å². The Labute approximate surface area is 138 Å². The molecule has 0 spiro atoms. The Balaban J connectivity index is 2.57. The van der Waals surface area contributed by atoms with Gasteiger partial charge in [0.2, 0.25) is 0 Å². The lowest BCUT2D eigenvalue weighted by Crippen LogP contribution is -2.46. The lowest BCUT2D eigenvalue weighted by Gasteiger charge is -2.31. The Hall–Kier alpha value is -1.08. The van der Waals surface area contributed by atoms with Gasteiger partial charge in [-0.3, -0.25) is 0 Å². The van der Waals surface area contributed by atoms with Gasteiger partial charge in [0.1, 0.15) is 8.07 Å². The summed E-state index contributed by atoms with van der Waals surface area (Å²) in [6.07, 6.45) is 2.27. The fourth-order valence-electron chi connectivity index (χ4n) is 4.06. The monoisotopic (exact) mass is 312 g/mol. The summed E-state index contributed by atoms with van der Waals surface area (Å²) >= 11 is 0. The van der Waals surface area contributed by atoms with Gasteiger partial charge in [0.25, 0.3) is 0 Å². The summed E-state index contributed by atoms with van der Waals surface area (Å²) in [5.41, 5.74) is 7.68. The van der Waals surface area contributed by atoms with Crippen LogP contribution in [-0.4, -0.2) is 8.07 Å². The maximum absolute atomic E-state index is 2.54. The van der Waals surface area contributed by atoms with Crippen molar-refractivity contribution in [3.05, 3.63) is 51.2 Å². The van der Waals surface area contributed by atoms with Crippen LogP contribution in [0.3, 0.4) is 0 Å². The lowest BCUT2D eigenvalue weighted by molar-refractivity contribution is 0.849. The first kappa shape index (κ1) is 17.3. The summed E-state index contributed by atoms with van der Waals surface area (Å²) in [5.74, 6) is 0.622. The molecular formula is C21H32Si. The SMILES string of the molecule is CCc1cc(CC)cc([Si](C)(C)C2=C(C)C(C)=C(C)C2C)c1. The van der Waals surface area contributed by atoms with Crippen molar-refractivity contribution in [1.29, 1.82) is 0 Å². The van der Waals surface area contributed by atoms with Gasteiger partial charge in [-0.1, -0.05) is 73.6 Å². The molecule has 0 aliphatic heterocycles. The van der Waals surface area contributed by atoms with Crippen molar-refractivity contribution in [2.75, 3.05) is 0 Å². The zero-order chi connectivity index (χ0) is 16.7. The quantitative estimate of drug-likeness (QED) is 0.638. The predicted octanol–water partition coefficient (Wildman–Crippen LogP) is 5.57. The van der Waals surface area contributed by atoms with Crippen molar-refractivity contribution in [2.45, 2.75) is 67.5 Å². The van der Waals surface area contributed by atoms with E-state index in [1.807, 2.05) is 0 Å². The van der Waals surface area contributed by atoms with Gasteiger partial charge in [-0.25, -0.2) is 0 Å². The lowest BCUT2D eigenvalue weighted by atomic mass is 10.1. The van der Waals surface area contributed by atoms with Crippen molar-refractivity contribution in [1.82, 2.24) is 0 Å². The van der Waals surface area contributed by atoms with Crippen LogP contribution < -0.4 is 5.19 Å². The normalized spacial score (nSPS) is 19.4. The van der Waals surface area contributed by atoms with E-state index in [-0.39, 0.29) is 0 Å². The highest BCUT2D eigenvalue weighted by molar-refractivity contribution is 6.96. The van der Waals surface area contributed by atoms with E-state index in [0.29, 0.717) is 5.92 Å². The molecule has 0 radical (unpaired) electrons. The fraction of sp³-hybridized carbons (Fsp3) is 0.524. The molecule has 0 bridgehead atoms. The number of allylic oxidation sites excluding steroid dienone is 4. The van der Waals surface area contributed by atoms with Crippen LogP contribution in [0.2, 0.25) is 13.1 Å². The van der Waals surface area contributed by atoms with E-state index in [0.717, 1.165) is 12.8 Å². The standard InChI is InChI=1S/C21H32Si/c1-9-18-11-19(10-2)13-20(12-18)22(7,8)21-16(5)14(3)15(4)17(21)6/h11-13,16H,9-10H2,1-8H3. The third kappa shape index (κ3) is 2.76. The Morgan fingerprint density at radius 3 is 1.73 bits per heavy atom.